The normalized spacial score (nSPS) is 10.2. The van der Waals surface area contributed by atoms with Gasteiger partial charge >= 0.3 is 0 Å². The minimum atomic E-state index is 0.284. The highest BCUT2D eigenvalue weighted by atomic mass is 15.1. The van der Waals surface area contributed by atoms with Gasteiger partial charge in [0.1, 0.15) is 5.82 Å². The van der Waals surface area contributed by atoms with Crippen LogP contribution in [-0.2, 0) is 6.42 Å². The number of hydrogen-bond acceptors (Lipinski definition) is 4. The van der Waals surface area contributed by atoms with E-state index < -0.39 is 0 Å². The second kappa shape index (κ2) is 4.82. The lowest BCUT2D eigenvalue weighted by Gasteiger charge is -2.11. The minimum absolute atomic E-state index is 0.284. The maximum absolute atomic E-state index is 5.59. The van der Waals surface area contributed by atoms with E-state index in [0.29, 0.717) is 0 Å². The molecule has 0 atom stereocenters. The molecule has 1 aromatic heterocycles. The Kier molecular flexibility index (Phi) is 3.23. The summed E-state index contributed by atoms with van der Waals surface area (Å²) in [5, 5.41) is 3.30. The molecule has 4 nitrogen and oxygen atoms in total. The lowest BCUT2D eigenvalue weighted by molar-refractivity contribution is 1.12. The third-order valence-corrected chi connectivity index (χ3v) is 2.64. The van der Waals surface area contributed by atoms with Gasteiger partial charge in [0.05, 0.1) is 0 Å². The molecular weight excluding hydrogens is 212 g/mol. The van der Waals surface area contributed by atoms with Crippen molar-refractivity contribution in [1.82, 2.24) is 9.97 Å². The highest BCUT2D eigenvalue weighted by Crippen LogP contribution is 2.22. The van der Waals surface area contributed by atoms with E-state index in [4.69, 9.17) is 5.73 Å². The van der Waals surface area contributed by atoms with E-state index in [1.54, 1.807) is 6.20 Å². The van der Waals surface area contributed by atoms with Crippen LogP contribution in [0.1, 0.15) is 18.1 Å². The van der Waals surface area contributed by atoms with Gasteiger partial charge in [0.15, 0.2) is 0 Å². The van der Waals surface area contributed by atoms with Crippen LogP contribution >= 0.6 is 0 Å². The van der Waals surface area contributed by atoms with E-state index in [-0.39, 0.29) is 5.95 Å². The van der Waals surface area contributed by atoms with E-state index in [0.717, 1.165) is 23.5 Å². The average Bonchev–Trinajstić information content (AvgIpc) is 2.34. The summed E-state index contributed by atoms with van der Waals surface area (Å²) < 4.78 is 0. The van der Waals surface area contributed by atoms with Gasteiger partial charge in [-0.15, -0.1) is 0 Å². The fraction of sp³-hybridized carbons (Fsp3) is 0.231. The van der Waals surface area contributed by atoms with Crippen molar-refractivity contribution in [1.29, 1.82) is 0 Å². The zero-order valence-corrected chi connectivity index (χ0v) is 10.1. The molecular formula is C13H16N4. The SMILES string of the molecule is CCc1ccccc1Nc1nc(N)ncc1C. The summed E-state index contributed by atoms with van der Waals surface area (Å²) in [6.07, 6.45) is 2.70. The Labute approximate surface area is 101 Å². The summed E-state index contributed by atoms with van der Waals surface area (Å²) >= 11 is 0. The Morgan fingerprint density at radius 3 is 2.82 bits per heavy atom. The number of aryl methyl sites for hydroxylation is 2. The smallest absolute Gasteiger partial charge is 0.221 e. The van der Waals surface area contributed by atoms with Crippen LogP contribution in [0.4, 0.5) is 17.5 Å². The van der Waals surface area contributed by atoms with E-state index in [2.05, 4.69) is 28.3 Å². The summed E-state index contributed by atoms with van der Waals surface area (Å²) in [4.78, 5) is 8.15. The summed E-state index contributed by atoms with van der Waals surface area (Å²) in [6, 6.07) is 8.17. The van der Waals surface area contributed by atoms with E-state index >= 15 is 0 Å². The van der Waals surface area contributed by atoms with Gasteiger partial charge in [-0.25, -0.2) is 4.98 Å². The fourth-order valence-electron chi connectivity index (χ4n) is 1.66. The molecule has 3 N–H and O–H groups in total. The molecule has 0 radical (unpaired) electrons. The van der Waals surface area contributed by atoms with Crippen molar-refractivity contribution in [2.75, 3.05) is 11.1 Å². The van der Waals surface area contributed by atoms with Crippen molar-refractivity contribution in [2.45, 2.75) is 20.3 Å². The number of nitrogens with one attached hydrogen (secondary N) is 1. The number of anilines is 3. The van der Waals surface area contributed by atoms with E-state index in [1.165, 1.54) is 5.56 Å². The number of nitrogen functional groups attached to an aromatic ring is 1. The quantitative estimate of drug-likeness (QED) is 0.847. The largest absolute Gasteiger partial charge is 0.368 e. The first kappa shape index (κ1) is 11.4. The van der Waals surface area contributed by atoms with Gasteiger partial charge in [0.25, 0.3) is 0 Å². The molecule has 1 aromatic carbocycles. The second-order valence-electron chi connectivity index (χ2n) is 3.90. The molecule has 4 heteroatoms. The molecule has 0 aliphatic carbocycles. The van der Waals surface area contributed by atoms with Crippen LogP contribution in [0, 0.1) is 6.92 Å². The Balaban J connectivity index is 2.34. The summed E-state index contributed by atoms with van der Waals surface area (Å²) in [7, 11) is 0. The molecule has 0 bridgehead atoms. The lowest BCUT2D eigenvalue weighted by atomic mass is 10.1. The molecule has 17 heavy (non-hydrogen) atoms. The number of aromatic nitrogens is 2. The molecule has 2 rings (SSSR count). The Morgan fingerprint density at radius 1 is 1.29 bits per heavy atom. The van der Waals surface area contributed by atoms with Crippen molar-refractivity contribution in [3.8, 4) is 0 Å². The number of benzene rings is 1. The van der Waals surface area contributed by atoms with Gasteiger partial charge in [0.2, 0.25) is 5.95 Å². The molecule has 0 aliphatic heterocycles. The second-order valence-corrected chi connectivity index (χ2v) is 3.90. The number of para-hydroxylation sites is 1. The molecule has 0 aliphatic rings. The summed E-state index contributed by atoms with van der Waals surface area (Å²) in [5.41, 5.74) is 8.89. The number of nitrogens with zero attached hydrogens (tertiary/aromatic N) is 2. The van der Waals surface area contributed by atoms with E-state index in [1.807, 2.05) is 25.1 Å². The Hall–Kier alpha value is -2.10. The zero-order valence-electron chi connectivity index (χ0n) is 10.1. The Morgan fingerprint density at radius 2 is 2.06 bits per heavy atom. The molecule has 2 aromatic rings. The van der Waals surface area contributed by atoms with Gasteiger partial charge in [-0.1, -0.05) is 25.1 Å². The monoisotopic (exact) mass is 228 g/mol. The van der Waals surface area contributed by atoms with Crippen molar-refractivity contribution >= 4 is 17.5 Å². The first-order chi connectivity index (χ1) is 8.20. The zero-order chi connectivity index (χ0) is 12.3. The van der Waals surface area contributed by atoms with Crippen LogP contribution in [0.2, 0.25) is 0 Å². The first-order valence-electron chi connectivity index (χ1n) is 5.64. The third kappa shape index (κ3) is 2.53. The fourth-order valence-corrected chi connectivity index (χ4v) is 1.66. The number of rotatable bonds is 3. The Bertz CT molecular complexity index is 523. The highest BCUT2D eigenvalue weighted by molar-refractivity contribution is 5.63. The van der Waals surface area contributed by atoms with Gasteiger partial charge in [-0.3, -0.25) is 0 Å². The van der Waals surface area contributed by atoms with Crippen molar-refractivity contribution in [2.24, 2.45) is 0 Å². The van der Waals surface area contributed by atoms with Crippen molar-refractivity contribution in [3.05, 3.63) is 41.6 Å². The molecule has 0 spiro atoms. The third-order valence-electron chi connectivity index (χ3n) is 2.64. The minimum Gasteiger partial charge on any atom is -0.368 e. The predicted molar refractivity (Wildman–Crippen MR) is 70.3 cm³/mol. The van der Waals surface area contributed by atoms with Crippen LogP contribution < -0.4 is 11.1 Å². The lowest BCUT2D eigenvalue weighted by Crippen LogP contribution is -2.03. The maximum Gasteiger partial charge on any atom is 0.221 e. The first-order valence-corrected chi connectivity index (χ1v) is 5.64. The van der Waals surface area contributed by atoms with Crippen LogP contribution in [0.25, 0.3) is 0 Å². The van der Waals surface area contributed by atoms with Gasteiger partial charge < -0.3 is 11.1 Å². The van der Waals surface area contributed by atoms with Gasteiger partial charge in [-0.05, 0) is 25.0 Å². The van der Waals surface area contributed by atoms with Crippen LogP contribution in [0.5, 0.6) is 0 Å². The van der Waals surface area contributed by atoms with Crippen molar-refractivity contribution < 1.29 is 0 Å². The van der Waals surface area contributed by atoms with Crippen LogP contribution in [0.3, 0.4) is 0 Å². The highest BCUT2D eigenvalue weighted by Gasteiger charge is 2.04. The van der Waals surface area contributed by atoms with Crippen LogP contribution in [0.15, 0.2) is 30.5 Å². The predicted octanol–water partition coefficient (Wildman–Crippen LogP) is 2.67. The van der Waals surface area contributed by atoms with Gasteiger partial charge in [0, 0.05) is 17.4 Å². The molecule has 88 valence electrons. The standard InChI is InChI=1S/C13H16N4/c1-3-10-6-4-5-7-11(10)16-12-9(2)8-15-13(14)17-12/h4-8H,3H2,1-2H3,(H3,14,15,16,17). The molecule has 0 saturated heterocycles. The van der Waals surface area contributed by atoms with E-state index in [9.17, 15) is 0 Å². The van der Waals surface area contributed by atoms with Crippen LogP contribution in [-0.4, -0.2) is 9.97 Å². The molecule has 0 unspecified atom stereocenters. The maximum atomic E-state index is 5.59. The topological polar surface area (TPSA) is 63.8 Å². The van der Waals surface area contributed by atoms with Crippen molar-refractivity contribution in [3.63, 3.8) is 0 Å². The van der Waals surface area contributed by atoms with Gasteiger partial charge in [-0.2, -0.15) is 4.98 Å². The number of hydrogen-bond donors (Lipinski definition) is 2. The average molecular weight is 228 g/mol. The molecule has 0 amide bonds. The number of nitrogens with two attached hydrogens (primary N) is 1. The molecule has 0 saturated carbocycles. The summed E-state index contributed by atoms with van der Waals surface area (Å²) in [5.74, 6) is 1.05. The molecule has 1 heterocycles. The summed E-state index contributed by atoms with van der Waals surface area (Å²) in [6.45, 7) is 4.08. The molecule has 0 fully saturated rings.